The van der Waals surface area contributed by atoms with Crippen LogP contribution in [-0.4, -0.2) is 4.57 Å². The van der Waals surface area contributed by atoms with Crippen LogP contribution in [0.5, 0.6) is 0 Å². The Hall–Kier alpha value is -7.94. The van der Waals surface area contributed by atoms with Gasteiger partial charge in [-0.15, -0.1) is 0 Å². The smallest absolute Gasteiger partial charge is 0.0618 e. The fraction of sp³-hybridized carbons (Fsp3) is 0.293. The maximum Gasteiger partial charge on any atom is 0.0618 e. The van der Waals surface area contributed by atoms with Crippen molar-refractivity contribution in [1.82, 2.24) is 4.57 Å². The Morgan fingerprint density at radius 3 is 1.15 bits per heavy atom. The predicted octanol–water partition coefficient (Wildman–Crippen LogP) is 23.9. The summed E-state index contributed by atoms with van der Waals surface area (Å²) >= 11 is 0. The first-order valence-electron chi connectivity index (χ1n) is 30.7. The molecule has 0 radical (unpaired) electrons. The van der Waals surface area contributed by atoms with E-state index >= 15 is 0 Å². The van der Waals surface area contributed by atoms with Gasteiger partial charge in [0, 0.05) is 38.2 Å². The Kier molecular flexibility index (Phi) is 13.4. The van der Waals surface area contributed by atoms with E-state index in [1.165, 1.54) is 127 Å². The highest BCUT2D eigenvalue weighted by Gasteiger charge is 2.30. The molecule has 2 heteroatoms. The van der Waals surface area contributed by atoms with E-state index in [-0.39, 0.29) is 32.5 Å². The largest absolute Gasteiger partial charge is 0.309 e. The zero-order valence-electron chi connectivity index (χ0n) is 53.4. The lowest BCUT2D eigenvalue weighted by atomic mass is 9.78. The molecule has 0 spiro atoms. The lowest BCUT2D eigenvalue weighted by molar-refractivity contribution is 0.569. The summed E-state index contributed by atoms with van der Waals surface area (Å²) in [6.45, 7) is 41.8. The van der Waals surface area contributed by atoms with E-state index in [1.807, 2.05) is 0 Å². The van der Waals surface area contributed by atoms with Crippen LogP contribution in [0.3, 0.4) is 0 Å². The van der Waals surface area contributed by atoms with Crippen molar-refractivity contribution in [1.29, 1.82) is 0 Å². The summed E-state index contributed by atoms with van der Waals surface area (Å²) in [5, 5.41) is 10.0. The van der Waals surface area contributed by atoms with Crippen molar-refractivity contribution < 1.29 is 0 Å². The van der Waals surface area contributed by atoms with Gasteiger partial charge in [0.2, 0.25) is 0 Å². The number of anilines is 3. The summed E-state index contributed by atoms with van der Waals surface area (Å²) in [5.41, 5.74) is 22.0. The molecule has 11 aromatic carbocycles. The topological polar surface area (TPSA) is 8.17 Å². The van der Waals surface area contributed by atoms with Crippen LogP contribution in [0.4, 0.5) is 17.1 Å². The van der Waals surface area contributed by atoms with Crippen molar-refractivity contribution in [2.45, 2.75) is 157 Å². The summed E-state index contributed by atoms with van der Waals surface area (Å²) < 4.78 is 2.55. The molecule has 424 valence electrons. The van der Waals surface area contributed by atoms with Crippen LogP contribution >= 0.6 is 0 Å². The zero-order chi connectivity index (χ0) is 59.8. The first-order chi connectivity index (χ1) is 39.4. The molecule has 0 aliphatic carbocycles. The quantitative estimate of drug-likeness (QED) is 0.144. The van der Waals surface area contributed by atoms with Gasteiger partial charge in [0.25, 0.3) is 0 Å². The van der Waals surface area contributed by atoms with Gasteiger partial charge >= 0.3 is 0 Å². The number of hydrogen-bond donors (Lipinski definition) is 0. The third-order valence-corrected chi connectivity index (χ3v) is 18.1. The average molecular weight is 1100 g/mol. The first kappa shape index (κ1) is 56.5. The van der Waals surface area contributed by atoms with Crippen molar-refractivity contribution >= 4 is 71.2 Å². The molecule has 0 saturated carbocycles. The first-order valence-corrected chi connectivity index (χ1v) is 30.7. The van der Waals surface area contributed by atoms with E-state index in [0.29, 0.717) is 0 Å². The van der Waals surface area contributed by atoms with Gasteiger partial charge in [-0.25, -0.2) is 0 Å². The fourth-order valence-electron chi connectivity index (χ4n) is 12.9. The normalized spacial score (nSPS) is 13.1. The molecule has 0 fully saturated rings. The minimum absolute atomic E-state index is 0.00420. The summed E-state index contributed by atoms with van der Waals surface area (Å²) in [7, 11) is 0. The molecule has 1 heterocycles. The van der Waals surface area contributed by atoms with Crippen molar-refractivity contribution in [2.24, 2.45) is 0 Å². The van der Waals surface area contributed by atoms with Gasteiger partial charge in [-0.2, -0.15) is 0 Å². The van der Waals surface area contributed by atoms with E-state index in [0.717, 1.165) is 17.1 Å². The molecule has 0 N–H and O–H groups in total. The van der Waals surface area contributed by atoms with Gasteiger partial charge < -0.3 is 9.47 Å². The minimum Gasteiger partial charge on any atom is -0.309 e. The molecule has 0 saturated heterocycles. The Bertz CT molecular complexity index is 4320. The van der Waals surface area contributed by atoms with Crippen LogP contribution in [0, 0.1) is 0 Å². The number of nitrogens with zero attached hydrogens (tertiary/aromatic N) is 2. The summed E-state index contributed by atoms with van der Waals surface area (Å²) in [5.74, 6) is 0. The van der Waals surface area contributed by atoms with E-state index in [9.17, 15) is 0 Å². The van der Waals surface area contributed by atoms with E-state index < -0.39 is 0 Å². The molecule has 12 rings (SSSR count). The van der Waals surface area contributed by atoms with Gasteiger partial charge in [-0.05, 0) is 147 Å². The number of benzene rings is 11. The summed E-state index contributed by atoms with van der Waals surface area (Å²) in [4.78, 5) is 2.65. The monoisotopic (exact) mass is 1100 g/mol. The van der Waals surface area contributed by atoms with Crippen LogP contribution in [0.1, 0.15) is 158 Å². The van der Waals surface area contributed by atoms with Crippen LogP contribution in [0.2, 0.25) is 0 Å². The number of aromatic nitrogens is 1. The van der Waals surface area contributed by atoms with E-state index in [2.05, 4.69) is 328 Å². The standard InChI is InChI=1S/C82H86N2/c1-77(2,3)56-34-26-51(27-35-56)63-23-21-24-64(52-28-36-57(37-29-52)78(4,5)6)76(63)84(69-25-20-19-22-62(69)55-46-60(81(13,14)15)48-61(47-55)82(16,17)18)71-43-33-54-30-40-65-70(42-32-53-31-41-66(71)75(54)74(53)65)83-72-44-38-58(79(7,8)9)49-67(72)68-50-59(80(10,11)12)39-45-73(68)83/h19-50H,1-18H3. The molecule has 2 nitrogen and oxygen atoms in total. The van der Waals surface area contributed by atoms with E-state index in [1.54, 1.807) is 0 Å². The number of fused-ring (bicyclic) bond motifs is 3. The lowest BCUT2D eigenvalue weighted by Crippen LogP contribution is -2.17. The van der Waals surface area contributed by atoms with Gasteiger partial charge in [0.15, 0.2) is 0 Å². The Balaban J connectivity index is 1.20. The number of rotatable bonds is 7. The molecular formula is C82H86N2. The second kappa shape index (κ2) is 19.8. The van der Waals surface area contributed by atoms with Gasteiger partial charge in [0.05, 0.1) is 33.8 Å². The van der Waals surface area contributed by atoms with Gasteiger partial charge in [-0.3, -0.25) is 0 Å². The molecule has 1 aromatic heterocycles. The lowest BCUT2D eigenvalue weighted by Gasteiger charge is -2.34. The highest BCUT2D eigenvalue weighted by Crippen LogP contribution is 2.53. The molecule has 12 aromatic rings. The van der Waals surface area contributed by atoms with Gasteiger partial charge in [-0.1, -0.05) is 276 Å². The SMILES string of the molecule is CC(C)(C)c1ccc(-c2cccc(-c3ccc(C(C)(C)C)cc3)c2N(c2ccccc2-c2cc(C(C)(C)C)cc(C(C)(C)C)c2)c2ccc3ccc4c(-n5c6ccc(C(C)(C)C)cc6c6cc(C(C)(C)C)ccc65)ccc5ccc2c3c54)cc1. The third kappa shape index (κ3) is 9.98. The highest BCUT2D eigenvalue weighted by molar-refractivity contribution is 6.28. The molecule has 0 aliphatic rings. The minimum atomic E-state index is -0.0717. The van der Waals surface area contributed by atoms with Gasteiger partial charge in [0.1, 0.15) is 0 Å². The molecule has 0 unspecified atom stereocenters. The Morgan fingerprint density at radius 1 is 0.274 bits per heavy atom. The van der Waals surface area contributed by atoms with Crippen molar-refractivity contribution in [3.05, 3.63) is 228 Å². The maximum atomic E-state index is 2.65. The maximum absolute atomic E-state index is 2.65. The summed E-state index contributed by atoms with van der Waals surface area (Å²) in [6, 6.07) is 75.8. The second-order valence-corrected chi connectivity index (χ2v) is 30.4. The van der Waals surface area contributed by atoms with Crippen LogP contribution in [0.25, 0.3) is 93.2 Å². The molecular weight excluding hydrogens is 1010 g/mol. The van der Waals surface area contributed by atoms with Crippen LogP contribution in [0.15, 0.2) is 194 Å². The molecule has 0 bridgehead atoms. The number of hydrogen-bond acceptors (Lipinski definition) is 1. The summed E-state index contributed by atoms with van der Waals surface area (Å²) in [6.07, 6.45) is 0. The number of para-hydroxylation sites is 2. The van der Waals surface area contributed by atoms with Crippen molar-refractivity contribution in [3.63, 3.8) is 0 Å². The molecule has 0 amide bonds. The molecule has 0 atom stereocenters. The predicted molar refractivity (Wildman–Crippen MR) is 368 cm³/mol. The molecule has 84 heavy (non-hydrogen) atoms. The molecule has 0 aliphatic heterocycles. The van der Waals surface area contributed by atoms with E-state index in [4.69, 9.17) is 0 Å². The Morgan fingerprint density at radius 2 is 0.679 bits per heavy atom. The second-order valence-electron chi connectivity index (χ2n) is 30.4. The highest BCUT2D eigenvalue weighted by atomic mass is 15.2. The Labute approximate surface area is 501 Å². The van der Waals surface area contributed by atoms with Crippen molar-refractivity contribution in [2.75, 3.05) is 4.90 Å². The average Bonchev–Trinajstić information content (AvgIpc) is 1.51. The zero-order valence-corrected chi connectivity index (χ0v) is 53.4. The van der Waals surface area contributed by atoms with Crippen LogP contribution < -0.4 is 4.90 Å². The van der Waals surface area contributed by atoms with Crippen LogP contribution in [-0.2, 0) is 32.5 Å². The fourth-order valence-corrected chi connectivity index (χ4v) is 12.9. The van der Waals surface area contributed by atoms with Crippen molar-refractivity contribution in [3.8, 4) is 39.1 Å². The third-order valence-electron chi connectivity index (χ3n) is 18.1.